The Morgan fingerprint density at radius 2 is 2.40 bits per heavy atom. The molecule has 0 aliphatic carbocycles. The number of carboxylic acid groups (broad SMARTS) is 1. The van der Waals surface area contributed by atoms with Crippen LogP contribution in [0.3, 0.4) is 0 Å². The molecule has 0 saturated heterocycles. The minimum atomic E-state index is -0.916. The number of nitrogens with zero attached hydrogens (tertiary/aromatic N) is 2. The topological polar surface area (TPSA) is 92.0 Å². The lowest BCUT2D eigenvalue weighted by Crippen LogP contribution is -1.99. The van der Waals surface area contributed by atoms with Crippen LogP contribution >= 0.6 is 0 Å². The number of H-pyrrole nitrogens is 1. The summed E-state index contributed by atoms with van der Waals surface area (Å²) >= 11 is 0. The van der Waals surface area contributed by atoms with Gasteiger partial charge in [0.15, 0.2) is 5.76 Å². The van der Waals surface area contributed by atoms with Gasteiger partial charge < -0.3 is 9.63 Å². The highest BCUT2D eigenvalue weighted by Crippen LogP contribution is 2.25. The summed E-state index contributed by atoms with van der Waals surface area (Å²) in [5, 5.41) is 18.9. The number of aliphatic carboxylic acids is 1. The Hall–Kier alpha value is -2.11. The quantitative estimate of drug-likeness (QED) is 0.783. The van der Waals surface area contributed by atoms with Crippen LogP contribution in [0.1, 0.15) is 11.3 Å². The SMILES string of the molecule is Cc1[nH]ncc1-c1oncc1CC(=O)O. The van der Waals surface area contributed by atoms with E-state index in [9.17, 15) is 4.79 Å². The number of carbonyl (C=O) groups is 1. The van der Waals surface area contributed by atoms with Gasteiger partial charge in [0.2, 0.25) is 0 Å². The predicted molar refractivity (Wildman–Crippen MR) is 50.2 cm³/mol. The molecular formula is C9H9N3O3. The van der Waals surface area contributed by atoms with E-state index in [0.29, 0.717) is 11.3 Å². The minimum absolute atomic E-state index is 0.108. The largest absolute Gasteiger partial charge is 0.481 e. The van der Waals surface area contributed by atoms with Crippen LogP contribution in [0.5, 0.6) is 0 Å². The Labute approximate surface area is 84.9 Å². The fourth-order valence-electron chi connectivity index (χ4n) is 1.35. The van der Waals surface area contributed by atoms with E-state index < -0.39 is 5.97 Å². The van der Waals surface area contributed by atoms with E-state index in [1.807, 2.05) is 6.92 Å². The van der Waals surface area contributed by atoms with Crippen molar-refractivity contribution in [3.05, 3.63) is 23.7 Å². The maximum absolute atomic E-state index is 10.6. The number of hydrogen-bond acceptors (Lipinski definition) is 4. The summed E-state index contributed by atoms with van der Waals surface area (Å²) in [7, 11) is 0. The van der Waals surface area contributed by atoms with Gasteiger partial charge in [0, 0.05) is 11.3 Å². The first kappa shape index (κ1) is 9.45. The molecule has 0 amide bonds. The molecule has 2 aromatic rings. The number of aryl methyl sites for hydroxylation is 1. The molecule has 2 N–H and O–H groups in total. The van der Waals surface area contributed by atoms with Crippen LogP contribution in [-0.2, 0) is 11.2 Å². The van der Waals surface area contributed by atoms with Crippen molar-refractivity contribution in [2.24, 2.45) is 0 Å². The van der Waals surface area contributed by atoms with Gasteiger partial charge in [-0.2, -0.15) is 5.10 Å². The first-order chi connectivity index (χ1) is 7.18. The van der Waals surface area contributed by atoms with Crippen molar-refractivity contribution < 1.29 is 14.4 Å². The second-order valence-electron chi connectivity index (χ2n) is 3.16. The highest BCUT2D eigenvalue weighted by Gasteiger charge is 2.16. The van der Waals surface area contributed by atoms with E-state index in [0.717, 1.165) is 11.3 Å². The van der Waals surface area contributed by atoms with Crippen LogP contribution in [0.4, 0.5) is 0 Å². The molecule has 0 atom stereocenters. The highest BCUT2D eigenvalue weighted by molar-refractivity contribution is 5.74. The molecule has 15 heavy (non-hydrogen) atoms. The number of aromatic nitrogens is 3. The number of rotatable bonds is 3. The number of nitrogens with one attached hydrogen (secondary N) is 1. The average Bonchev–Trinajstić information content (AvgIpc) is 2.73. The summed E-state index contributed by atoms with van der Waals surface area (Å²) in [4.78, 5) is 10.6. The molecule has 2 rings (SSSR count). The van der Waals surface area contributed by atoms with Crippen LogP contribution < -0.4 is 0 Å². The first-order valence-electron chi connectivity index (χ1n) is 4.34. The van der Waals surface area contributed by atoms with Gasteiger partial charge in [-0.05, 0) is 6.92 Å². The third-order valence-corrected chi connectivity index (χ3v) is 2.06. The maximum Gasteiger partial charge on any atom is 0.308 e. The van der Waals surface area contributed by atoms with E-state index in [-0.39, 0.29) is 6.42 Å². The van der Waals surface area contributed by atoms with Crippen LogP contribution in [0, 0.1) is 6.92 Å². The van der Waals surface area contributed by atoms with Crippen molar-refractivity contribution in [2.45, 2.75) is 13.3 Å². The molecule has 0 saturated carbocycles. The van der Waals surface area contributed by atoms with Gasteiger partial charge in [0.05, 0.1) is 24.4 Å². The predicted octanol–water partition coefficient (Wildman–Crippen LogP) is 1.00. The van der Waals surface area contributed by atoms with E-state index in [2.05, 4.69) is 15.4 Å². The minimum Gasteiger partial charge on any atom is -0.481 e. The van der Waals surface area contributed by atoms with E-state index in [4.69, 9.17) is 9.63 Å². The highest BCUT2D eigenvalue weighted by atomic mass is 16.5. The molecule has 2 aromatic heterocycles. The third-order valence-electron chi connectivity index (χ3n) is 2.06. The van der Waals surface area contributed by atoms with Crippen molar-refractivity contribution >= 4 is 5.97 Å². The van der Waals surface area contributed by atoms with Gasteiger partial charge >= 0.3 is 5.97 Å². The van der Waals surface area contributed by atoms with E-state index in [1.165, 1.54) is 6.20 Å². The normalized spacial score (nSPS) is 10.5. The molecule has 0 aromatic carbocycles. The lowest BCUT2D eigenvalue weighted by molar-refractivity contribution is -0.136. The van der Waals surface area contributed by atoms with Gasteiger partial charge in [-0.15, -0.1) is 0 Å². The van der Waals surface area contributed by atoms with Gasteiger partial charge in [-0.3, -0.25) is 9.89 Å². The summed E-state index contributed by atoms with van der Waals surface area (Å²) in [6, 6.07) is 0. The Morgan fingerprint density at radius 1 is 1.60 bits per heavy atom. The molecule has 6 heteroatoms. The summed E-state index contributed by atoms with van der Waals surface area (Å²) < 4.78 is 5.02. The fraction of sp³-hybridized carbons (Fsp3) is 0.222. The average molecular weight is 207 g/mol. The molecule has 0 unspecified atom stereocenters. The van der Waals surface area contributed by atoms with Crippen LogP contribution in [0.25, 0.3) is 11.3 Å². The second kappa shape index (κ2) is 3.56. The maximum atomic E-state index is 10.6. The lowest BCUT2D eigenvalue weighted by atomic mass is 10.1. The van der Waals surface area contributed by atoms with E-state index in [1.54, 1.807) is 6.20 Å². The lowest BCUT2D eigenvalue weighted by Gasteiger charge is -1.96. The smallest absolute Gasteiger partial charge is 0.308 e. The van der Waals surface area contributed by atoms with Crippen LogP contribution in [0.2, 0.25) is 0 Å². The zero-order valence-corrected chi connectivity index (χ0v) is 8.02. The van der Waals surface area contributed by atoms with Crippen LogP contribution in [-0.4, -0.2) is 26.4 Å². The third kappa shape index (κ3) is 1.74. The molecule has 0 aliphatic heterocycles. The molecule has 6 nitrogen and oxygen atoms in total. The summed E-state index contributed by atoms with van der Waals surface area (Å²) in [6.45, 7) is 1.83. The molecule has 0 radical (unpaired) electrons. The summed E-state index contributed by atoms with van der Waals surface area (Å²) in [5.41, 5.74) is 2.11. The Bertz CT molecular complexity index is 486. The molecule has 0 fully saturated rings. The van der Waals surface area contributed by atoms with Crippen molar-refractivity contribution in [3.63, 3.8) is 0 Å². The molecule has 0 bridgehead atoms. The monoisotopic (exact) mass is 207 g/mol. The Balaban J connectivity index is 2.41. The zero-order valence-electron chi connectivity index (χ0n) is 8.02. The van der Waals surface area contributed by atoms with Crippen molar-refractivity contribution in [2.75, 3.05) is 0 Å². The second-order valence-corrected chi connectivity index (χ2v) is 3.16. The fourth-order valence-corrected chi connectivity index (χ4v) is 1.35. The van der Waals surface area contributed by atoms with Gasteiger partial charge in [-0.25, -0.2) is 0 Å². The Kier molecular flexibility index (Phi) is 2.24. The first-order valence-corrected chi connectivity index (χ1v) is 4.34. The van der Waals surface area contributed by atoms with Crippen LogP contribution in [0.15, 0.2) is 16.9 Å². The Morgan fingerprint density at radius 3 is 3.00 bits per heavy atom. The summed E-state index contributed by atoms with van der Waals surface area (Å²) in [5.74, 6) is -0.454. The number of hydrogen-bond donors (Lipinski definition) is 2. The molecule has 0 aliphatic rings. The van der Waals surface area contributed by atoms with Crippen molar-refractivity contribution in [3.8, 4) is 11.3 Å². The molecular weight excluding hydrogens is 198 g/mol. The standard InChI is InChI=1S/C9H9N3O3/c1-5-7(4-10-12-5)9-6(2-8(13)14)3-11-15-9/h3-4H,2H2,1H3,(H,10,12)(H,13,14). The van der Waals surface area contributed by atoms with Gasteiger partial charge in [0.1, 0.15) is 0 Å². The van der Waals surface area contributed by atoms with Gasteiger partial charge in [-0.1, -0.05) is 5.16 Å². The molecule has 0 spiro atoms. The summed E-state index contributed by atoms with van der Waals surface area (Å²) in [6.07, 6.45) is 2.89. The zero-order chi connectivity index (χ0) is 10.8. The van der Waals surface area contributed by atoms with Crippen molar-refractivity contribution in [1.82, 2.24) is 15.4 Å². The van der Waals surface area contributed by atoms with E-state index >= 15 is 0 Å². The molecule has 2 heterocycles. The number of carboxylic acids is 1. The van der Waals surface area contributed by atoms with Crippen molar-refractivity contribution in [1.29, 1.82) is 0 Å². The van der Waals surface area contributed by atoms with Gasteiger partial charge in [0.25, 0.3) is 0 Å². The number of aromatic amines is 1. The molecule has 78 valence electrons.